The number of esters is 1. The number of carbonyl (C=O) groups is 2. The normalized spacial score (nSPS) is 15.4. The number of benzene rings is 1. The molecule has 0 bridgehead atoms. The topological polar surface area (TPSA) is 68.3 Å². The number of halogens is 1. The zero-order valence-electron chi connectivity index (χ0n) is 16.0. The van der Waals surface area contributed by atoms with Crippen molar-refractivity contribution in [2.75, 3.05) is 0 Å². The van der Waals surface area contributed by atoms with Gasteiger partial charge in [0.1, 0.15) is 0 Å². The molecule has 2 heterocycles. The van der Waals surface area contributed by atoms with Crippen LogP contribution < -0.4 is 5.32 Å². The van der Waals surface area contributed by atoms with Gasteiger partial charge >= 0.3 is 5.97 Å². The van der Waals surface area contributed by atoms with Gasteiger partial charge in [-0.2, -0.15) is 0 Å². The van der Waals surface area contributed by atoms with Crippen LogP contribution in [0.15, 0.2) is 42.5 Å². The number of nitrogens with one attached hydrogen (secondary N) is 1. The van der Waals surface area contributed by atoms with E-state index in [9.17, 15) is 9.59 Å². The second-order valence-electron chi connectivity index (χ2n) is 7.21. The Kier molecular flexibility index (Phi) is 5.83. The smallest absolute Gasteiger partial charge is 0.339 e. The molecule has 0 saturated heterocycles. The van der Waals surface area contributed by atoms with Gasteiger partial charge in [-0.15, -0.1) is 11.3 Å². The van der Waals surface area contributed by atoms with Gasteiger partial charge in [-0.1, -0.05) is 42.6 Å². The highest BCUT2D eigenvalue weighted by Crippen LogP contribution is 2.32. The van der Waals surface area contributed by atoms with Crippen LogP contribution in [-0.2, 0) is 9.53 Å². The van der Waals surface area contributed by atoms with E-state index in [1.807, 2.05) is 30.3 Å². The Balaban J connectivity index is 1.59. The molecule has 5 nitrogen and oxygen atoms in total. The molecule has 3 aromatic rings. The summed E-state index contributed by atoms with van der Waals surface area (Å²) in [5.74, 6) is -0.796. The highest BCUT2D eigenvalue weighted by molar-refractivity contribution is 7.19. The number of hydrogen-bond donors (Lipinski definition) is 1. The van der Waals surface area contributed by atoms with Gasteiger partial charge in [0.05, 0.1) is 26.0 Å². The van der Waals surface area contributed by atoms with Crippen LogP contribution in [-0.4, -0.2) is 29.0 Å². The number of hydrogen-bond acceptors (Lipinski definition) is 5. The van der Waals surface area contributed by atoms with E-state index in [1.54, 1.807) is 19.1 Å². The Hall–Kier alpha value is -2.44. The van der Waals surface area contributed by atoms with Crippen molar-refractivity contribution < 1.29 is 14.3 Å². The van der Waals surface area contributed by atoms with Crippen molar-refractivity contribution in [3.05, 3.63) is 52.4 Å². The Labute approximate surface area is 178 Å². The van der Waals surface area contributed by atoms with Gasteiger partial charge in [0, 0.05) is 11.4 Å². The molecule has 0 radical (unpaired) electrons. The number of amides is 1. The summed E-state index contributed by atoms with van der Waals surface area (Å²) in [4.78, 5) is 30.9. The van der Waals surface area contributed by atoms with Crippen molar-refractivity contribution in [3.8, 4) is 10.6 Å². The molecule has 150 valence electrons. The molecule has 1 amide bonds. The number of ether oxygens (including phenoxy) is 1. The van der Waals surface area contributed by atoms with Crippen LogP contribution in [0.3, 0.4) is 0 Å². The van der Waals surface area contributed by atoms with E-state index in [2.05, 4.69) is 10.3 Å². The molecule has 4 rings (SSSR count). The molecule has 1 aliphatic rings. The van der Waals surface area contributed by atoms with Gasteiger partial charge in [0.15, 0.2) is 6.10 Å². The largest absolute Gasteiger partial charge is 0.449 e. The fourth-order valence-corrected chi connectivity index (χ4v) is 4.59. The van der Waals surface area contributed by atoms with E-state index in [0.29, 0.717) is 26.5 Å². The predicted molar refractivity (Wildman–Crippen MR) is 115 cm³/mol. The third-order valence-electron chi connectivity index (χ3n) is 5.12. The van der Waals surface area contributed by atoms with Crippen LogP contribution in [0.4, 0.5) is 0 Å². The lowest BCUT2D eigenvalue weighted by Crippen LogP contribution is -2.40. The van der Waals surface area contributed by atoms with E-state index >= 15 is 0 Å². The minimum Gasteiger partial charge on any atom is -0.449 e. The second kappa shape index (κ2) is 8.51. The summed E-state index contributed by atoms with van der Waals surface area (Å²) in [6.07, 6.45) is 3.34. The second-order valence-corrected chi connectivity index (χ2v) is 8.93. The van der Waals surface area contributed by atoms with E-state index in [1.165, 1.54) is 11.3 Å². The van der Waals surface area contributed by atoms with Gasteiger partial charge in [-0.25, -0.2) is 9.78 Å². The van der Waals surface area contributed by atoms with Crippen molar-refractivity contribution in [1.29, 1.82) is 0 Å². The zero-order chi connectivity index (χ0) is 20.4. The number of aromatic nitrogens is 1. The summed E-state index contributed by atoms with van der Waals surface area (Å²) < 4.78 is 6.16. The van der Waals surface area contributed by atoms with Crippen LogP contribution in [0.1, 0.15) is 43.0 Å². The molecule has 1 atom stereocenters. The lowest BCUT2D eigenvalue weighted by atomic mass is 10.1. The molecule has 0 spiro atoms. The van der Waals surface area contributed by atoms with Crippen LogP contribution in [0, 0.1) is 0 Å². The molecular formula is C22H21ClN2O3S. The van der Waals surface area contributed by atoms with Crippen molar-refractivity contribution in [1.82, 2.24) is 10.3 Å². The minimum absolute atomic E-state index is 0.181. The van der Waals surface area contributed by atoms with Gasteiger partial charge < -0.3 is 10.1 Å². The Morgan fingerprint density at radius 2 is 1.97 bits per heavy atom. The lowest BCUT2D eigenvalue weighted by molar-refractivity contribution is -0.129. The molecule has 1 unspecified atom stereocenters. The molecule has 2 aromatic heterocycles. The highest BCUT2D eigenvalue weighted by atomic mass is 35.5. The monoisotopic (exact) mass is 428 g/mol. The van der Waals surface area contributed by atoms with Crippen LogP contribution >= 0.6 is 22.9 Å². The summed E-state index contributed by atoms with van der Waals surface area (Å²) in [7, 11) is 0. The maximum Gasteiger partial charge on any atom is 0.339 e. The number of pyridine rings is 1. The first-order chi connectivity index (χ1) is 14.0. The number of carbonyl (C=O) groups excluding carboxylic acids is 2. The number of thiophene rings is 1. The SMILES string of the molecule is CC(OC(=O)c1cc(-c2ccc(Cl)s2)nc2ccccc12)C(=O)NC1CCCC1. The molecule has 1 N–H and O–H groups in total. The Morgan fingerprint density at radius 3 is 2.69 bits per heavy atom. The summed E-state index contributed by atoms with van der Waals surface area (Å²) in [6, 6.07) is 12.9. The lowest BCUT2D eigenvalue weighted by Gasteiger charge is -2.17. The molecular weight excluding hydrogens is 408 g/mol. The standard InChI is InChI=1S/C22H21ClN2O3S/c1-13(21(26)24-14-6-2-3-7-14)28-22(27)16-12-18(19-10-11-20(23)29-19)25-17-9-5-4-8-15(16)17/h4-5,8-14H,2-3,6-7H2,1H3,(H,24,26). The third kappa shape index (κ3) is 4.43. The van der Waals surface area contributed by atoms with E-state index in [-0.39, 0.29) is 11.9 Å². The molecule has 7 heteroatoms. The van der Waals surface area contributed by atoms with E-state index in [0.717, 1.165) is 30.6 Å². The van der Waals surface area contributed by atoms with E-state index in [4.69, 9.17) is 16.3 Å². The van der Waals surface area contributed by atoms with Gasteiger partial charge in [0.25, 0.3) is 5.91 Å². The number of nitrogens with zero attached hydrogens (tertiary/aromatic N) is 1. The fraction of sp³-hybridized carbons (Fsp3) is 0.318. The molecule has 29 heavy (non-hydrogen) atoms. The maximum atomic E-state index is 12.9. The Bertz CT molecular complexity index is 1060. The zero-order valence-corrected chi connectivity index (χ0v) is 17.6. The van der Waals surface area contributed by atoms with Crippen LogP contribution in [0.5, 0.6) is 0 Å². The average molecular weight is 429 g/mol. The average Bonchev–Trinajstić information content (AvgIpc) is 3.38. The van der Waals surface area contributed by atoms with Gasteiger partial charge in [-0.3, -0.25) is 4.79 Å². The Morgan fingerprint density at radius 1 is 1.21 bits per heavy atom. The number of rotatable bonds is 5. The number of para-hydroxylation sites is 1. The molecule has 1 aliphatic carbocycles. The minimum atomic E-state index is -0.866. The summed E-state index contributed by atoms with van der Waals surface area (Å²) in [5, 5.41) is 3.66. The van der Waals surface area contributed by atoms with E-state index < -0.39 is 12.1 Å². The number of fused-ring (bicyclic) bond motifs is 1. The van der Waals surface area contributed by atoms with Crippen LogP contribution in [0.2, 0.25) is 4.34 Å². The summed E-state index contributed by atoms with van der Waals surface area (Å²) in [5.41, 5.74) is 1.72. The van der Waals surface area contributed by atoms with Crippen molar-refractivity contribution in [3.63, 3.8) is 0 Å². The first-order valence-electron chi connectivity index (χ1n) is 9.68. The fourth-order valence-electron chi connectivity index (χ4n) is 3.59. The molecule has 1 aromatic carbocycles. The summed E-state index contributed by atoms with van der Waals surface area (Å²) in [6.45, 7) is 1.60. The summed E-state index contributed by atoms with van der Waals surface area (Å²) >= 11 is 7.45. The van der Waals surface area contributed by atoms with Gasteiger partial charge in [0.2, 0.25) is 0 Å². The third-order valence-corrected chi connectivity index (χ3v) is 6.37. The first-order valence-corrected chi connectivity index (χ1v) is 10.9. The maximum absolute atomic E-state index is 12.9. The van der Waals surface area contributed by atoms with Gasteiger partial charge in [-0.05, 0) is 44.0 Å². The quantitative estimate of drug-likeness (QED) is 0.565. The van der Waals surface area contributed by atoms with Crippen molar-refractivity contribution in [2.45, 2.75) is 44.8 Å². The van der Waals surface area contributed by atoms with Crippen LogP contribution in [0.25, 0.3) is 21.5 Å². The molecule has 1 fully saturated rings. The predicted octanol–water partition coefficient (Wildman–Crippen LogP) is 5.22. The molecule has 1 saturated carbocycles. The van der Waals surface area contributed by atoms with Crippen molar-refractivity contribution in [2.24, 2.45) is 0 Å². The van der Waals surface area contributed by atoms with Crippen molar-refractivity contribution >= 4 is 45.7 Å². The highest BCUT2D eigenvalue weighted by Gasteiger charge is 2.25. The molecule has 0 aliphatic heterocycles. The first kappa shape index (κ1) is 19.9.